The molecule has 29 heavy (non-hydrogen) atoms. The summed E-state index contributed by atoms with van der Waals surface area (Å²) in [6.45, 7) is 4.25. The molecule has 5 rings (SSSR count). The molecular formula is C25H30O3S. The normalized spacial score (nSPS) is 33.6. The highest BCUT2D eigenvalue weighted by atomic mass is 32.2. The topological polar surface area (TPSA) is 43.4 Å². The van der Waals surface area contributed by atoms with Crippen molar-refractivity contribution in [3.8, 4) is 0 Å². The van der Waals surface area contributed by atoms with E-state index in [1.807, 2.05) is 19.1 Å². The lowest BCUT2D eigenvalue weighted by Gasteiger charge is -2.50. The molecule has 0 saturated heterocycles. The largest absolute Gasteiger partial charge is 0.297 e. The first kappa shape index (κ1) is 19.3. The Labute approximate surface area is 174 Å². The second-order valence-corrected chi connectivity index (χ2v) is 11.2. The van der Waals surface area contributed by atoms with Gasteiger partial charge in [0, 0.05) is 0 Å². The van der Waals surface area contributed by atoms with Crippen LogP contribution in [-0.4, -0.2) is 14.5 Å². The quantitative estimate of drug-likeness (QED) is 0.616. The summed E-state index contributed by atoms with van der Waals surface area (Å²) in [6, 6.07) is 15.9. The Morgan fingerprint density at radius 3 is 2.52 bits per heavy atom. The third-order valence-electron chi connectivity index (χ3n) is 8.10. The van der Waals surface area contributed by atoms with E-state index in [0.717, 1.165) is 37.7 Å². The molecule has 0 N–H and O–H groups in total. The lowest BCUT2D eigenvalue weighted by Crippen LogP contribution is -2.45. The zero-order valence-electron chi connectivity index (χ0n) is 17.3. The van der Waals surface area contributed by atoms with Gasteiger partial charge in [-0.15, -0.1) is 0 Å². The number of rotatable bonds is 3. The summed E-state index contributed by atoms with van der Waals surface area (Å²) in [5.41, 5.74) is 4.06. The van der Waals surface area contributed by atoms with Crippen LogP contribution in [0.25, 0.3) is 0 Å². The molecule has 0 unspecified atom stereocenters. The molecule has 0 heterocycles. The molecule has 4 heteroatoms. The van der Waals surface area contributed by atoms with Gasteiger partial charge in [0.15, 0.2) is 0 Å². The van der Waals surface area contributed by atoms with Gasteiger partial charge in [-0.3, -0.25) is 4.18 Å². The third kappa shape index (κ3) is 3.16. The summed E-state index contributed by atoms with van der Waals surface area (Å²) in [7, 11) is -3.73. The molecule has 3 aliphatic carbocycles. The molecule has 2 saturated carbocycles. The highest BCUT2D eigenvalue weighted by Crippen LogP contribution is 2.61. The zero-order chi connectivity index (χ0) is 20.2. The zero-order valence-corrected chi connectivity index (χ0v) is 18.1. The maximum atomic E-state index is 12.9. The van der Waals surface area contributed by atoms with Gasteiger partial charge < -0.3 is 0 Å². The Hall–Kier alpha value is -1.65. The lowest BCUT2D eigenvalue weighted by atomic mass is 9.55. The molecular weight excluding hydrogens is 380 g/mol. The number of hydrogen-bond acceptors (Lipinski definition) is 3. The van der Waals surface area contributed by atoms with Gasteiger partial charge in [-0.1, -0.05) is 48.9 Å². The van der Waals surface area contributed by atoms with E-state index < -0.39 is 10.1 Å². The number of aryl methyl sites for hydroxylation is 2. The molecule has 2 fully saturated rings. The predicted octanol–water partition coefficient (Wildman–Crippen LogP) is 5.63. The standard InChI is InChI=1S/C25H30O3S/c1-17-7-10-19(11-8-17)29(26,27)28-24-14-13-23-22-12-9-18-5-3-4-6-20(18)21(22)15-16-25(23,24)2/h3-8,10-11,21-24H,9,12-16H2,1-2H3/t21-,22-,23+,24+,25+/m1/s1. The fraction of sp³-hybridized carbons (Fsp3) is 0.520. The van der Waals surface area contributed by atoms with Crippen molar-refractivity contribution in [2.24, 2.45) is 17.3 Å². The first-order valence-electron chi connectivity index (χ1n) is 11.0. The van der Waals surface area contributed by atoms with Crippen molar-refractivity contribution >= 4 is 10.1 Å². The van der Waals surface area contributed by atoms with Crippen LogP contribution in [-0.2, 0) is 20.7 Å². The maximum absolute atomic E-state index is 12.9. The molecule has 2 aromatic rings. The summed E-state index contributed by atoms with van der Waals surface area (Å²) in [6.07, 6.45) is 6.26. The SMILES string of the molecule is Cc1ccc(S(=O)(=O)O[C@H]2CC[C@H]3[C@@H]4CCc5ccccc5[C@H]4CC[C@]23C)cc1. The van der Waals surface area contributed by atoms with Crippen molar-refractivity contribution in [2.75, 3.05) is 0 Å². The number of hydrogen-bond donors (Lipinski definition) is 0. The lowest BCUT2D eigenvalue weighted by molar-refractivity contribution is -0.00802. The fourth-order valence-corrected chi connectivity index (χ4v) is 7.75. The molecule has 0 radical (unpaired) electrons. The van der Waals surface area contributed by atoms with Crippen LogP contribution in [0.4, 0.5) is 0 Å². The Kier molecular flexibility index (Phi) is 4.63. The highest BCUT2D eigenvalue weighted by Gasteiger charge is 2.56. The van der Waals surface area contributed by atoms with Crippen molar-refractivity contribution < 1.29 is 12.6 Å². The maximum Gasteiger partial charge on any atom is 0.297 e. The van der Waals surface area contributed by atoms with Gasteiger partial charge in [-0.25, -0.2) is 0 Å². The molecule has 0 bridgehead atoms. The van der Waals surface area contributed by atoms with E-state index in [1.165, 1.54) is 12.0 Å². The molecule has 0 amide bonds. The highest BCUT2D eigenvalue weighted by molar-refractivity contribution is 7.86. The Bertz CT molecular complexity index is 1010. The van der Waals surface area contributed by atoms with E-state index in [1.54, 1.807) is 17.7 Å². The van der Waals surface area contributed by atoms with Gasteiger partial charge >= 0.3 is 0 Å². The second-order valence-electron chi connectivity index (χ2n) is 9.59. The molecule has 0 aromatic heterocycles. The van der Waals surface area contributed by atoms with Crippen LogP contribution in [0.5, 0.6) is 0 Å². The van der Waals surface area contributed by atoms with Gasteiger partial charge in [-0.2, -0.15) is 8.42 Å². The summed E-state index contributed by atoms with van der Waals surface area (Å²) in [5.74, 6) is 1.83. The monoisotopic (exact) mass is 410 g/mol. The molecule has 5 atom stereocenters. The van der Waals surface area contributed by atoms with E-state index in [2.05, 4.69) is 31.2 Å². The second kappa shape index (κ2) is 6.95. The van der Waals surface area contributed by atoms with Crippen LogP contribution < -0.4 is 0 Å². The molecule has 0 spiro atoms. The summed E-state index contributed by atoms with van der Waals surface area (Å²) >= 11 is 0. The molecule has 0 aliphatic heterocycles. The summed E-state index contributed by atoms with van der Waals surface area (Å²) < 4.78 is 31.8. The van der Waals surface area contributed by atoms with E-state index in [-0.39, 0.29) is 16.4 Å². The van der Waals surface area contributed by atoms with Crippen molar-refractivity contribution in [1.29, 1.82) is 0 Å². The average Bonchev–Trinajstić information content (AvgIpc) is 3.04. The number of benzene rings is 2. The van der Waals surface area contributed by atoms with Gasteiger partial charge in [0.25, 0.3) is 10.1 Å². The molecule has 3 aliphatic rings. The average molecular weight is 411 g/mol. The number of fused-ring (bicyclic) bond motifs is 5. The van der Waals surface area contributed by atoms with Gasteiger partial charge in [-0.05, 0) is 91.9 Å². The molecule has 2 aromatic carbocycles. The van der Waals surface area contributed by atoms with Crippen molar-refractivity contribution in [3.05, 3.63) is 65.2 Å². The van der Waals surface area contributed by atoms with Crippen LogP contribution in [0.15, 0.2) is 53.4 Å². The van der Waals surface area contributed by atoms with Gasteiger partial charge in [0.05, 0.1) is 11.0 Å². The van der Waals surface area contributed by atoms with E-state index in [0.29, 0.717) is 17.8 Å². The summed E-state index contributed by atoms with van der Waals surface area (Å²) in [5, 5.41) is 0. The Balaban J connectivity index is 1.39. The van der Waals surface area contributed by atoms with E-state index in [9.17, 15) is 8.42 Å². The third-order valence-corrected chi connectivity index (χ3v) is 9.44. The van der Waals surface area contributed by atoms with Gasteiger partial charge in [0.1, 0.15) is 0 Å². The van der Waals surface area contributed by atoms with E-state index in [4.69, 9.17) is 4.18 Å². The first-order chi connectivity index (χ1) is 13.9. The summed E-state index contributed by atoms with van der Waals surface area (Å²) in [4.78, 5) is 0.274. The predicted molar refractivity (Wildman–Crippen MR) is 114 cm³/mol. The van der Waals surface area contributed by atoms with Crippen molar-refractivity contribution in [1.82, 2.24) is 0 Å². The van der Waals surface area contributed by atoms with Crippen LogP contribution in [0.1, 0.15) is 61.6 Å². The van der Waals surface area contributed by atoms with Crippen LogP contribution in [0.2, 0.25) is 0 Å². The van der Waals surface area contributed by atoms with Crippen molar-refractivity contribution in [2.45, 2.75) is 69.3 Å². The van der Waals surface area contributed by atoms with Crippen LogP contribution >= 0.6 is 0 Å². The van der Waals surface area contributed by atoms with Crippen LogP contribution in [0, 0.1) is 24.2 Å². The smallest absolute Gasteiger partial charge is 0.262 e. The molecule has 3 nitrogen and oxygen atoms in total. The van der Waals surface area contributed by atoms with E-state index >= 15 is 0 Å². The molecule has 154 valence electrons. The van der Waals surface area contributed by atoms with Gasteiger partial charge in [0.2, 0.25) is 0 Å². The Morgan fingerprint density at radius 1 is 0.966 bits per heavy atom. The minimum Gasteiger partial charge on any atom is -0.262 e. The first-order valence-corrected chi connectivity index (χ1v) is 12.4. The van der Waals surface area contributed by atoms with Crippen molar-refractivity contribution in [3.63, 3.8) is 0 Å². The fourth-order valence-electron chi connectivity index (χ4n) is 6.55. The van der Waals surface area contributed by atoms with Crippen LogP contribution in [0.3, 0.4) is 0 Å². The minimum absolute atomic E-state index is 0.0504. The Morgan fingerprint density at radius 2 is 1.72 bits per heavy atom. The minimum atomic E-state index is -3.73.